The highest BCUT2D eigenvalue weighted by molar-refractivity contribution is 7.12. The summed E-state index contributed by atoms with van der Waals surface area (Å²) in [7, 11) is 0. The van der Waals surface area contributed by atoms with Crippen LogP contribution in [0.5, 0.6) is 5.75 Å². The van der Waals surface area contributed by atoms with E-state index in [2.05, 4.69) is 4.74 Å². The number of nitrogens with zero attached hydrogens (tertiary/aromatic N) is 1. The molecule has 0 radical (unpaired) electrons. The van der Waals surface area contributed by atoms with Gasteiger partial charge in [-0.05, 0) is 35.7 Å². The van der Waals surface area contributed by atoms with E-state index in [0.29, 0.717) is 5.01 Å². The number of hydrogen-bond donors (Lipinski definition) is 1. The van der Waals surface area contributed by atoms with Gasteiger partial charge in [0.2, 0.25) is 0 Å². The summed E-state index contributed by atoms with van der Waals surface area (Å²) in [5.41, 5.74) is -0.0399. The monoisotopic (exact) mass is 330 g/mol. The van der Waals surface area contributed by atoms with Gasteiger partial charge in [-0.25, -0.2) is 10.9 Å². The van der Waals surface area contributed by atoms with Crippen LogP contribution >= 0.6 is 11.3 Å². The van der Waals surface area contributed by atoms with Crippen molar-refractivity contribution in [2.24, 2.45) is 5.84 Å². The fraction of sp³-hybridized carbons (Fsp3) is 0.0769. The molecule has 0 atom stereocenters. The summed E-state index contributed by atoms with van der Waals surface area (Å²) in [5, 5.41) is 2.06. The number of amides is 2. The Kier molecular flexibility index (Phi) is 4.48. The molecule has 5 nitrogen and oxygen atoms in total. The van der Waals surface area contributed by atoms with Gasteiger partial charge in [-0.15, -0.1) is 24.5 Å². The van der Waals surface area contributed by atoms with Crippen LogP contribution < -0.4 is 10.6 Å². The molecule has 2 N–H and O–H groups in total. The molecule has 0 aliphatic heterocycles. The number of imide groups is 1. The Morgan fingerprint density at radius 2 is 1.73 bits per heavy atom. The highest BCUT2D eigenvalue weighted by Crippen LogP contribution is 2.23. The van der Waals surface area contributed by atoms with Crippen molar-refractivity contribution in [2.45, 2.75) is 6.36 Å². The van der Waals surface area contributed by atoms with Crippen molar-refractivity contribution in [1.82, 2.24) is 5.01 Å². The number of rotatable bonds is 3. The second-order valence-corrected chi connectivity index (χ2v) is 4.98. The van der Waals surface area contributed by atoms with Gasteiger partial charge in [0.25, 0.3) is 11.8 Å². The molecule has 9 heteroatoms. The molecule has 1 aromatic carbocycles. The predicted molar refractivity (Wildman–Crippen MR) is 72.1 cm³/mol. The minimum atomic E-state index is -4.82. The summed E-state index contributed by atoms with van der Waals surface area (Å²) < 4.78 is 39.8. The predicted octanol–water partition coefficient (Wildman–Crippen LogP) is 2.80. The molecule has 0 bridgehead atoms. The van der Waals surface area contributed by atoms with Crippen molar-refractivity contribution < 1.29 is 27.5 Å². The number of benzene rings is 1. The van der Waals surface area contributed by atoms with Gasteiger partial charge in [0.05, 0.1) is 4.88 Å². The van der Waals surface area contributed by atoms with Crippen LogP contribution in [0.3, 0.4) is 0 Å². The average Bonchev–Trinajstić information content (AvgIpc) is 2.98. The van der Waals surface area contributed by atoms with Gasteiger partial charge < -0.3 is 4.74 Å². The third kappa shape index (κ3) is 3.83. The van der Waals surface area contributed by atoms with E-state index in [4.69, 9.17) is 5.84 Å². The first-order chi connectivity index (χ1) is 10.3. The van der Waals surface area contributed by atoms with E-state index in [1.165, 1.54) is 6.07 Å². The molecule has 1 aromatic heterocycles. The summed E-state index contributed by atoms with van der Waals surface area (Å²) in [4.78, 5) is 24.2. The van der Waals surface area contributed by atoms with Crippen LogP contribution in [0.25, 0.3) is 0 Å². The summed E-state index contributed by atoms with van der Waals surface area (Å²) in [6, 6.07) is 7.23. The minimum absolute atomic E-state index is 0.0399. The summed E-state index contributed by atoms with van der Waals surface area (Å²) in [5.74, 6) is 3.44. The quantitative estimate of drug-likeness (QED) is 0.406. The fourth-order valence-corrected chi connectivity index (χ4v) is 2.21. The lowest BCUT2D eigenvalue weighted by Crippen LogP contribution is -2.42. The summed E-state index contributed by atoms with van der Waals surface area (Å²) in [6.45, 7) is 0. The fourth-order valence-electron chi connectivity index (χ4n) is 1.55. The van der Waals surface area contributed by atoms with Gasteiger partial charge in [-0.3, -0.25) is 9.59 Å². The van der Waals surface area contributed by atoms with E-state index in [0.717, 1.165) is 35.6 Å². The maximum absolute atomic E-state index is 12.0. The highest BCUT2D eigenvalue weighted by Gasteiger charge is 2.31. The van der Waals surface area contributed by atoms with Crippen molar-refractivity contribution in [3.05, 3.63) is 52.2 Å². The highest BCUT2D eigenvalue weighted by atomic mass is 32.1. The molecule has 2 amide bonds. The zero-order valence-corrected chi connectivity index (χ0v) is 11.6. The van der Waals surface area contributed by atoms with Gasteiger partial charge in [0.15, 0.2) is 0 Å². The van der Waals surface area contributed by atoms with E-state index in [1.54, 1.807) is 11.4 Å². The van der Waals surface area contributed by atoms with Crippen LogP contribution in [0.2, 0.25) is 0 Å². The smallest absolute Gasteiger partial charge is 0.406 e. The number of nitrogens with two attached hydrogens (primary N) is 1. The molecule has 0 unspecified atom stereocenters. The minimum Gasteiger partial charge on any atom is -0.406 e. The third-order valence-corrected chi connectivity index (χ3v) is 3.36. The number of ether oxygens (including phenoxy) is 1. The first kappa shape index (κ1) is 16.0. The van der Waals surface area contributed by atoms with E-state index in [-0.39, 0.29) is 10.4 Å². The molecule has 116 valence electrons. The van der Waals surface area contributed by atoms with Crippen LogP contribution in [0.15, 0.2) is 41.8 Å². The molecular formula is C13H9F3N2O3S. The number of thiophene rings is 1. The molecule has 0 saturated carbocycles. The van der Waals surface area contributed by atoms with E-state index in [9.17, 15) is 22.8 Å². The lowest BCUT2D eigenvalue weighted by molar-refractivity contribution is -0.274. The number of halogens is 3. The Bertz CT molecular complexity index is 669. The summed E-state index contributed by atoms with van der Waals surface area (Å²) >= 11 is 1.11. The van der Waals surface area contributed by atoms with Crippen LogP contribution in [0.1, 0.15) is 20.0 Å². The van der Waals surface area contributed by atoms with Crippen molar-refractivity contribution in [1.29, 1.82) is 0 Å². The Balaban J connectivity index is 2.11. The maximum atomic E-state index is 12.0. The topological polar surface area (TPSA) is 72.6 Å². The SMILES string of the molecule is NN(C(=O)c1ccc(OC(F)(F)F)cc1)C(=O)c1cccs1. The van der Waals surface area contributed by atoms with Crippen LogP contribution in [-0.4, -0.2) is 23.2 Å². The van der Waals surface area contributed by atoms with Crippen molar-refractivity contribution in [3.63, 3.8) is 0 Å². The van der Waals surface area contributed by atoms with Crippen LogP contribution in [0, 0.1) is 0 Å². The molecule has 0 aliphatic rings. The van der Waals surface area contributed by atoms with E-state index in [1.807, 2.05) is 0 Å². The van der Waals surface area contributed by atoms with Crippen molar-refractivity contribution >= 4 is 23.2 Å². The molecule has 1 heterocycles. The molecule has 2 aromatic rings. The molecule has 0 fully saturated rings. The first-order valence-electron chi connectivity index (χ1n) is 5.81. The van der Waals surface area contributed by atoms with Crippen LogP contribution in [-0.2, 0) is 0 Å². The Morgan fingerprint density at radius 3 is 2.23 bits per heavy atom. The molecule has 0 saturated heterocycles. The number of alkyl halides is 3. The standard InChI is InChI=1S/C13H9F3N2O3S/c14-13(15,16)21-9-5-3-8(4-6-9)11(19)18(17)12(20)10-2-1-7-22-10/h1-7H,17H2. The normalized spacial score (nSPS) is 11.1. The molecule has 0 spiro atoms. The zero-order valence-electron chi connectivity index (χ0n) is 10.8. The first-order valence-corrected chi connectivity index (χ1v) is 6.69. The third-order valence-electron chi connectivity index (χ3n) is 2.50. The largest absolute Gasteiger partial charge is 0.573 e. The lowest BCUT2D eigenvalue weighted by atomic mass is 10.2. The number of carbonyl (C=O) groups is 2. The van der Waals surface area contributed by atoms with Crippen molar-refractivity contribution in [3.8, 4) is 5.75 Å². The summed E-state index contributed by atoms with van der Waals surface area (Å²) in [6.07, 6.45) is -4.82. The average molecular weight is 330 g/mol. The van der Waals surface area contributed by atoms with Gasteiger partial charge in [-0.2, -0.15) is 0 Å². The van der Waals surface area contributed by atoms with E-state index >= 15 is 0 Å². The zero-order chi connectivity index (χ0) is 16.3. The van der Waals surface area contributed by atoms with Gasteiger partial charge in [0, 0.05) is 5.56 Å². The van der Waals surface area contributed by atoms with Crippen LogP contribution in [0.4, 0.5) is 13.2 Å². The van der Waals surface area contributed by atoms with Gasteiger partial charge in [0.1, 0.15) is 5.75 Å². The molecular weight excluding hydrogens is 321 g/mol. The molecule has 22 heavy (non-hydrogen) atoms. The lowest BCUT2D eigenvalue weighted by Gasteiger charge is -2.14. The molecule has 2 rings (SSSR count). The van der Waals surface area contributed by atoms with E-state index < -0.39 is 23.9 Å². The Morgan fingerprint density at radius 1 is 1.09 bits per heavy atom. The van der Waals surface area contributed by atoms with Crippen molar-refractivity contribution in [2.75, 3.05) is 0 Å². The number of hydrazine groups is 1. The maximum Gasteiger partial charge on any atom is 0.573 e. The number of carbonyl (C=O) groups excluding carboxylic acids is 2. The number of hydrogen-bond acceptors (Lipinski definition) is 5. The Hall–Kier alpha value is -2.39. The van der Waals surface area contributed by atoms with Gasteiger partial charge in [-0.1, -0.05) is 6.07 Å². The second-order valence-electron chi connectivity index (χ2n) is 4.03. The van der Waals surface area contributed by atoms with Gasteiger partial charge >= 0.3 is 6.36 Å². The molecule has 0 aliphatic carbocycles. The second kappa shape index (κ2) is 6.16. The Labute approximate surface area is 126 Å².